The molecule has 0 saturated heterocycles. The third-order valence-corrected chi connectivity index (χ3v) is 1.36. The number of hydrogen-bond donors (Lipinski definition) is 2. The van der Waals surface area contributed by atoms with Gasteiger partial charge in [-0.2, -0.15) is 0 Å². The highest BCUT2D eigenvalue weighted by Gasteiger charge is 2.15. The van der Waals surface area contributed by atoms with Crippen molar-refractivity contribution >= 4 is 7.60 Å². The van der Waals surface area contributed by atoms with Gasteiger partial charge in [-0.3, -0.25) is 14.7 Å². The normalized spacial score (nSPS) is 11.3. The van der Waals surface area contributed by atoms with Crippen molar-refractivity contribution in [1.29, 1.82) is 0 Å². The highest BCUT2D eigenvalue weighted by atomic mass is 31.2. The quantitative estimate of drug-likeness (QED) is 0.323. The molecule has 6 nitrogen and oxygen atoms in total. The van der Waals surface area contributed by atoms with Gasteiger partial charge in [0.25, 0.3) is 0 Å². The summed E-state index contributed by atoms with van der Waals surface area (Å²) in [5, 5.41) is 9.51. The molecule has 0 rings (SSSR count). The van der Waals surface area contributed by atoms with Gasteiger partial charge in [0.15, 0.2) is 0 Å². The first-order valence-corrected chi connectivity index (χ1v) is 3.88. The van der Waals surface area contributed by atoms with Crippen molar-refractivity contribution < 1.29 is 19.3 Å². The standard InChI is InChI=1S/C2H6NO5P/c4-3(5)1-2-9(6,7)8/h1-2H2,(H2,6,7,8). The third-order valence-electron chi connectivity index (χ3n) is 0.574. The van der Waals surface area contributed by atoms with Crippen LogP contribution in [0.25, 0.3) is 0 Å². The van der Waals surface area contributed by atoms with E-state index in [-0.39, 0.29) is 0 Å². The van der Waals surface area contributed by atoms with E-state index < -0.39 is 25.2 Å². The fourth-order valence-electron chi connectivity index (χ4n) is 0.212. The Balaban J connectivity index is 3.53. The maximum atomic E-state index is 9.93. The summed E-state index contributed by atoms with van der Waals surface area (Å²) in [4.78, 5) is 24.9. The zero-order valence-electron chi connectivity index (χ0n) is 4.43. The molecule has 0 amide bonds. The van der Waals surface area contributed by atoms with Gasteiger partial charge in [0.05, 0.1) is 0 Å². The second kappa shape index (κ2) is 2.91. The Morgan fingerprint density at radius 2 is 2.00 bits per heavy atom. The molecule has 0 aliphatic carbocycles. The average Bonchev–Trinajstić information content (AvgIpc) is 1.59. The van der Waals surface area contributed by atoms with Gasteiger partial charge in [0.2, 0.25) is 6.54 Å². The van der Waals surface area contributed by atoms with Crippen LogP contribution in [0.3, 0.4) is 0 Å². The highest BCUT2D eigenvalue weighted by Crippen LogP contribution is 2.33. The van der Waals surface area contributed by atoms with Crippen LogP contribution in [-0.2, 0) is 4.57 Å². The molecule has 0 atom stereocenters. The molecule has 0 unspecified atom stereocenters. The summed E-state index contributed by atoms with van der Waals surface area (Å²) in [6.07, 6.45) is -0.681. The summed E-state index contributed by atoms with van der Waals surface area (Å²) in [5.74, 6) is 0. The molecule has 0 heterocycles. The van der Waals surface area contributed by atoms with Gasteiger partial charge in [0.1, 0.15) is 6.16 Å². The first-order valence-electron chi connectivity index (χ1n) is 2.08. The summed E-state index contributed by atoms with van der Waals surface area (Å²) in [7, 11) is -4.16. The molecular formula is C2H6NO5P. The lowest BCUT2D eigenvalue weighted by Crippen LogP contribution is -2.05. The molecule has 0 aliphatic rings. The molecule has 0 radical (unpaired) electrons. The molecule has 9 heavy (non-hydrogen) atoms. The Hall–Kier alpha value is -0.450. The van der Waals surface area contributed by atoms with Crippen LogP contribution in [0.4, 0.5) is 0 Å². The lowest BCUT2D eigenvalue weighted by molar-refractivity contribution is -0.474. The monoisotopic (exact) mass is 155 g/mol. The zero-order chi connectivity index (χ0) is 7.49. The lowest BCUT2D eigenvalue weighted by Gasteiger charge is -1.96. The van der Waals surface area contributed by atoms with Crippen LogP contribution < -0.4 is 0 Å². The first kappa shape index (κ1) is 8.55. The SMILES string of the molecule is O=[N+]([O-])CCP(=O)(O)O. The smallest absolute Gasteiger partial charge is 0.324 e. The Kier molecular flexibility index (Phi) is 2.76. The zero-order valence-corrected chi connectivity index (χ0v) is 5.32. The number of hydrogen-bond acceptors (Lipinski definition) is 3. The Morgan fingerprint density at radius 3 is 2.11 bits per heavy atom. The van der Waals surface area contributed by atoms with Gasteiger partial charge >= 0.3 is 7.60 Å². The largest absolute Gasteiger partial charge is 0.332 e. The Bertz CT molecular complexity index is 149. The van der Waals surface area contributed by atoms with Crippen LogP contribution in [0.1, 0.15) is 0 Å². The van der Waals surface area contributed by atoms with Crippen LogP contribution in [0.5, 0.6) is 0 Å². The summed E-state index contributed by atoms with van der Waals surface area (Å²) in [6.45, 7) is -0.676. The molecular weight excluding hydrogens is 149 g/mol. The van der Waals surface area contributed by atoms with Crippen molar-refractivity contribution in [3.8, 4) is 0 Å². The van der Waals surface area contributed by atoms with Crippen molar-refractivity contribution in [2.75, 3.05) is 12.7 Å². The predicted molar refractivity (Wildman–Crippen MR) is 28.8 cm³/mol. The fraction of sp³-hybridized carbons (Fsp3) is 1.00. The fourth-order valence-corrected chi connectivity index (χ4v) is 0.636. The Morgan fingerprint density at radius 1 is 1.56 bits per heavy atom. The summed E-state index contributed by atoms with van der Waals surface area (Å²) >= 11 is 0. The van der Waals surface area contributed by atoms with Crippen molar-refractivity contribution in [1.82, 2.24) is 0 Å². The summed E-state index contributed by atoms with van der Waals surface area (Å²) in [5.41, 5.74) is 0. The summed E-state index contributed by atoms with van der Waals surface area (Å²) < 4.78 is 9.93. The molecule has 0 aromatic heterocycles. The van der Waals surface area contributed by atoms with Gasteiger partial charge in [0, 0.05) is 4.92 Å². The van der Waals surface area contributed by atoms with Crippen molar-refractivity contribution in [2.45, 2.75) is 0 Å². The number of nitrogens with zero attached hydrogens (tertiary/aromatic N) is 1. The van der Waals surface area contributed by atoms with Gasteiger partial charge in [-0.1, -0.05) is 0 Å². The van der Waals surface area contributed by atoms with E-state index in [9.17, 15) is 14.7 Å². The van der Waals surface area contributed by atoms with Gasteiger partial charge < -0.3 is 9.79 Å². The van der Waals surface area contributed by atoms with Crippen LogP contribution >= 0.6 is 7.60 Å². The van der Waals surface area contributed by atoms with E-state index in [0.29, 0.717) is 0 Å². The highest BCUT2D eigenvalue weighted by molar-refractivity contribution is 7.51. The predicted octanol–water partition coefficient (Wildman–Crippen LogP) is -0.559. The maximum Gasteiger partial charge on any atom is 0.332 e. The second-order valence-corrected chi connectivity index (χ2v) is 3.22. The van der Waals surface area contributed by atoms with Crippen LogP contribution in [0, 0.1) is 10.1 Å². The van der Waals surface area contributed by atoms with E-state index in [1.165, 1.54) is 0 Å². The molecule has 0 aliphatic heterocycles. The van der Waals surface area contributed by atoms with Crippen LogP contribution in [0.15, 0.2) is 0 Å². The van der Waals surface area contributed by atoms with Crippen molar-refractivity contribution in [3.63, 3.8) is 0 Å². The summed E-state index contributed by atoms with van der Waals surface area (Å²) in [6, 6.07) is 0. The van der Waals surface area contributed by atoms with Gasteiger partial charge in [-0.15, -0.1) is 0 Å². The molecule has 7 heteroatoms. The molecule has 0 saturated carbocycles. The topological polar surface area (TPSA) is 101 Å². The second-order valence-electron chi connectivity index (χ2n) is 1.44. The van der Waals surface area contributed by atoms with E-state index in [4.69, 9.17) is 9.79 Å². The van der Waals surface area contributed by atoms with E-state index in [1.54, 1.807) is 0 Å². The van der Waals surface area contributed by atoms with Crippen molar-refractivity contribution in [3.05, 3.63) is 10.1 Å². The third kappa shape index (κ3) is 7.55. The molecule has 0 spiro atoms. The lowest BCUT2D eigenvalue weighted by atomic mass is 10.8. The van der Waals surface area contributed by atoms with Crippen molar-refractivity contribution in [2.24, 2.45) is 0 Å². The molecule has 2 N–H and O–H groups in total. The van der Waals surface area contributed by atoms with E-state index >= 15 is 0 Å². The molecule has 0 aromatic carbocycles. The minimum absolute atomic E-state index is 0.676. The molecule has 0 aromatic rings. The van der Waals surface area contributed by atoms with Crippen LogP contribution in [0.2, 0.25) is 0 Å². The average molecular weight is 155 g/mol. The molecule has 54 valence electrons. The number of rotatable bonds is 3. The van der Waals surface area contributed by atoms with E-state index in [2.05, 4.69) is 0 Å². The molecule has 0 fully saturated rings. The van der Waals surface area contributed by atoms with Gasteiger partial charge in [-0.05, 0) is 0 Å². The van der Waals surface area contributed by atoms with E-state index in [1.807, 2.05) is 0 Å². The van der Waals surface area contributed by atoms with E-state index in [0.717, 1.165) is 0 Å². The minimum Gasteiger partial charge on any atom is -0.324 e. The minimum atomic E-state index is -4.16. The Labute approximate surface area is 50.8 Å². The number of nitro groups is 1. The van der Waals surface area contributed by atoms with Crippen LogP contribution in [-0.4, -0.2) is 27.4 Å². The molecule has 0 bridgehead atoms. The van der Waals surface area contributed by atoms with Gasteiger partial charge in [-0.25, -0.2) is 0 Å². The first-order chi connectivity index (χ1) is 3.92. The maximum absolute atomic E-state index is 9.93.